The summed E-state index contributed by atoms with van der Waals surface area (Å²) in [6, 6.07) is 12.1. The fourth-order valence-electron chi connectivity index (χ4n) is 1.02. The molecule has 1 aromatic carbocycles. The Kier molecular flexibility index (Phi) is 3.97. The van der Waals surface area contributed by atoms with Crippen molar-refractivity contribution in [3.05, 3.63) is 42.6 Å². The van der Waals surface area contributed by atoms with Crippen LogP contribution in [-0.4, -0.2) is 4.98 Å². The van der Waals surface area contributed by atoms with Gasteiger partial charge in [0.25, 0.3) is 0 Å². The van der Waals surface area contributed by atoms with Gasteiger partial charge in [-0.05, 0) is 12.1 Å². The third-order valence-electron chi connectivity index (χ3n) is 1.51. The number of fused-ring (bicyclic) bond motifs is 1. The van der Waals surface area contributed by atoms with Crippen LogP contribution in [0.25, 0.3) is 10.9 Å². The molecule has 1 heteroatoms. The van der Waals surface area contributed by atoms with Crippen molar-refractivity contribution in [2.75, 3.05) is 0 Å². The average Bonchev–Trinajstić information content (AvgIpc) is 2.19. The maximum atomic E-state index is 4.18. The minimum atomic E-state index is 1.06. The van der Waals surface area contributed by atoms with Gasteiger partial charge >= 0.3 is 0 Å². The molecule has 0 bridgehead atoms. The molecule has 0 unspecified atom stereocenters. The van der Waals surface area contributed by atoms with E-state index in [2.05, 4.69) is 31.0 Å². The minimum Gasteiger partial charge on any atom is -0.256 e. The van der Waals surface area contributed by atoms with Gasteiger partial charge in [-0.15, -0.1) is 0 Å². The van der Waals surface area contributed by atoms with E-state index in [1.807, 2.05) is 30.5 Å². The van der Waals surface area contributed by atoms with Gasteiger partial charge < -0.3 is 0 Å². The molecule has 0 radical (unpaired) electrons. The molecule has 13 heavy (non-hydrogen) atoms. The van der Waals surface area contributed by atoms with Crippen molar-refractivity contribution in [2.45, 2.75) is 20.3 Å². The summed E-state index contributed by atoms with van der Waals surface area (Å²) >= 11 is 0. The number of para-hydroxylation sites is 1. The fourth-order valence-corrected chi connectivity index (χ4v) is 1.02. The van der Waals surface area contributed by atoms with Gasteiger partial charge in [0.05, 0.1) is 5.52 Å². The van der Waals surface area contributed by atoms with Crippen LogP contribution in [0.4, 0.5) is 0 Å². The molecule has 0 atom stereocenters. The van der Waals surface area contributed by atoms with E-state index in [9.17, 15) is 0 Å². The van der Waals surface area contributed by atoms with Gasteiger partial charge in [0.2, 0.25) is 0 Å². The first kappa shape index (κ1) is 9.72. The highest BCUT2D eigenvalue weighted by atomic mass is 14.6. The molecule has 0 saturated heterocycles. The maximum Gasteiger partial charge on any atom is 0.0701 e. The van der Waals surface area contributed by atoms with E-state index in [1.165, 1.54) is 11.8 Å². The first-order valence-electron chi connectivity index (χ1n) is 4.68. The number of pyridine rings is 1. The van der Waals surface area contributed by atoms with Crippen molar-refractivity contribution < 1.29 is 0 Å². The lowest BCUT2D eigenvalue weighted by molar-refractivity contribution is 1.09. The number of hydrogen-bond donors (Lipinski definition) is 0. The largest absolute Gasteiger partial charge is 0.256 e. The van der Waals surface area contributed by atoms with Crippen LogP contribution in [0.1, 0.15) is 20.3 Å². The second-order valence-electron chi connectivity index (χ2n) is 2.90. The summed E-state index contributed by atoms with van der Waals surface area (Å²) in [6.45, 7) is 4.25. The van der Waals surface area contributed by atoms with Crippen LogP contribution >= 0.6 is 0 Å². The molecule has 0 aliphatic carbocycles. The molecule has 0 fully saturated rings. The van der Waals surface area contributed by atoms with E-state index < -0.39 is 0 Å². The Balaban J connectivity index is 0.000000251. The maximum absolute atomic E-state index is 4.18. The van der Waals surface area contributed by atoms with E-state index >= 15 is 0 Å². The Morgan fingerprint density at radius 1 is 1.00 bits per heavy atom. The van der Waals surface area contributed by atoms with Gasteiger partial charge in [-0.3, -0.25) is 4.98 Å². The summed E-state index contributed by atoms with van der Waals surface area (Å²) in [4.78, 5) is 4.18. The lowest BCUT2D eigenvalue weighted by Gasteiger charge is -1.91. The highest BCUT2D eigenvalue weighted by molar-refractivity contribution is 5.77. The Bertz CT molecular complexity index is 289. The molecule has 1 aromatic heterocycles. The summed E-state index contributed by atoms with van der Waals surface area (Å²) in [5.41, 5.74) is 1.06. The normalized spacial score (nSPS) is 9.08. The molecule has 68 valence electrons. The number of nitrogens with zero attached hydrogens (tertiary/aromatic N) is 1. The number of hydrogen-bond acceptors (Lipinski definition) is 1. The van der Waals surface area contributed by atoms with E-state index in [0.717, 1.165) is 5.52 Å². The van der Waals surface area contributed by atoms with Crippen LogP contribution in [0.15, 0.2) is 42.6 Å². The Labute approximate surface area is 79.4 Å². The molecule has 0 saturated carbocycles. The monoisotopic (exact) mass is 173 g/mol. The predicted molar refractivity (Wildman–Crippen MR) is 57.7 cm³/mol. The summed E-state index contributed by atoms with van der Waals surface area (Å²) in [7, 11) is 0. The molecule has 1 heterocycles. The molecule has 2 rings (SSSR count). The summed E-state index contributed by atoms with van der Waals surface area (Å²) in [5, 5.41) is 1.20. The van der Waals surface area contributed by atoms with Gasteiger partial charge in [-0.2, -0.15) is 0 Å². The number of aromatic nitrogens is 1. The second-order valence-corrected chi connectivity index (χ2v) is 2.90. The second kappa shape index (κ2) is 5.31. The van der Waals surface area contributed by atoms with Gasteiger partial charge in [0.1, 0.15) is 0 Å². The topological polar surface area (TPSA) is 12.9 Å². The van der Waals surface area contributed by atoms with Crippen LogP contribution in [-0.2, 0) is 0 Å². The van der Waals surface area contributed by atoms with Crippen molar-refractivity contribution >= 4 is 10.9 Å². The summed E-state index contributed by atoms with van der Waals surface area (Å²) in [5.74, 6) is 0. The summed E-state index contributed by atoms with van der Waals surface area (Å²) in [6.07, 6.45) is 3.06. The van der Waals surface area contributed by atoms with Crippen molar-refractivity contribution in [2.24, 2.45) is 0 Å². The molecule has 0 amide bonds. The lowest BCUT2D eigenvalue weighted by Crippen LogP contribution is -1.73. The lowest BCUT2D eigenvalue weighted by atomic mass is 10.2. The Hall–Kier alpha value is -1.37. The van der Waals surface area contributed by atoms with Crippen LogP contribution < -0.4 is 0 Å². The van der Waals surface area contributed by atoms with E-state index in [-0.39, 0.29) is 0 Å². The first-order chi connectivity index (χ1) is 6.38. The molecular formula is C12H15N. The average molecular weight is 173 g/mol. The standard InChI is InChI=1S/C9H7N.C3H8/c1-2-6-9-8(4-1)5-3-7-10-9;1-3-2/h1-7H;3H2,1-2H3. The van der Waals surface area contributed by atoms with E-state index in [0.29, 0.717) is 0 Å². The van der Waals surface area contributed by atoms with Gasteiger partial charge in [-0.25, -0.2) is 0 Å². The van der Waals surface area contributed by atoms with Crippen LogP contribution in [0.5, 0.6) is 0 Å². The first-order valence-corrected chi connectivity index (χ1v) is 4.68. The van der Waals surface area contributed by atoms with Gasteiger partial charge in [-0.1, -0.05) is 44.5 Å². The van der Waals surface area contributed by atoms with Crippen molar-refractivity contribution in [3.8, 4) is 0 Å². The minimum absolute atomic E-state index is 1.06. The zero-order valence-corrected chi connectivity index (χ0v) is 8.20. The third kappa shape index (κ3) is 2.86. The molecule has 0 spiro atoms. The predicted octanol–water partition coefficient (Wildman–Crippen LogP) is 3.65. The van der Waals surface area contributed by atoms with E-state index in [4.69, 9.17) is 0 Å². The molecule has 2 aromatic rings. The van der Waals surface area contributed by atoms with Crippen molar-refractivity contribution in [1.82, 2.24) is 4.98 Å². The molecular weight excluding hydrogens is 158 g/mol. The van der Waals surface area contributed by atoms with Crippen LogP contribution in [0, 0.1) is 0 Å². The number of rotatable bonds is 0. The Morgan fingerprint density at radius 2 is 1.62 bits per heavy atom. The third-order valence-corrected chi connectivity index (χ3v) is 1.51. The van der Waals surface area contributed by atoms with Crippen molar-refractivity contribution in [1.29, 1.82) is 0 Å². The van der Waals surface area contributed by atoms with Crippen molar-refractivity contribution in [3.63, 3.8) is 0 Å². The molecule has 1 nitrogen and oxygen atoms in total. The zero-order valence-electron chi connectivity index (χ0n) is 8.20. The zero-order chi connectivity index (χ0) is 9.52. The molecule has 0 N–H and O–H groups in total. The quantitative estimate of drug-likeness (QED) is 0.592. The molecule has 0 aliphatic rings. The highest BCUT2D eigenvalue weighted by Crippen LogP contribution is 2.07. The number of benzene rings is 1. The van der Waals surface area contributed by atoms with Gasteiger partial charge in [0, 0.05) is 11.6 Å². The molecule has 0 aliphatic heterocycles. The van der Waals surface area contributed by atoms with Crippen LogP contribution in [0.3, 0.4) is 0 Å². The fraction of sp³-hybridized carbons (Fsp3) is 0.250. The Morgan fingerprint density at radius 3 is 2.31 bits per heavy atom. The SMILES string of the molecule is CCC.c1ccc2ncccc2c1. The van der Waals surface area contributed by atoms with E-state index in [1.54, 1.807) is 0 Å². The van der Waals surface area contributed by atoms with Gasteiger partial charge in [0.15, 0.2) is 0 Å². The smallest absolute Gasteiger partial charge is 0.0701 e. The highest BCUT2D eigenvalue weighted by Gasteiger charge is 1.86. The summed E-state index contributed by atoms with van der Waals surface area (Å²) < 4.78 is 0. The van der Waals surface area contributed by atoms with Crippen LogP contribution in [0.2, 0.25) is 0 Å².